The first-order valence-electron chi connectivity index (χ1n) is 10.8. The Morgan fingerprint density at radius 2 is 2.00 bits per heavy atom. The number of H-pyrrole nitrogens is 1. The topological polar surface area (TPSA) is 106 Å². The number of aryl methyl sites for hydroxylation is 2. The molecule has 1 aliphatic carbocycles. The van der Waals surface area contributed by atoms with Gasteiger partial charge in [0.2, 0.25) is 5.91 Å². The van der Waals surface area contributed by atoms with Crippen molar-refractivity contribution < 1.29 is 9.53 Å². The number of methoxy groups -OCH3 is 1. The molecule has 2 aromatic carbocycles. The highest BCUT2D eigenvalue weighted by atomic mass is 16.5. The van der Waals surface area contributed by atoms with Crippen molar-refractivity contribution in [1.82, 2.24) is 25.6 Å². The van der Waals surface area contributed by atoms with E-state index < -0.39 is 0 Å². The molecule has 0 bridgehead atoms. The molecule has 8 heteroatoms. The highest BCUT2D eigenvalue weighted by molar-refractivity contribution is 5.97. The number of nitrogens with one attached hydrogen (secondary N) is 2. The van der Waals surface area contributed by atoms with Crippen molar-refractivity contribution in [1.29, 1.82) is 0 Å². The third-order valence-corrected chi connectivity index (χ3v) is 6.08. The van der Waals surface area contributed by atoms with Gasteiger partial charge in [-0.25, -0.2) is 5.10 Å². The third kappa shape index (κ3) is 4.19. The van der Waals surface area contributed by atoms with E-state index in [9.17, 15) is 4.79 Å². The molecule has 0 saturated heterocycles. The Morgan fingerprint density at radius 1 is 1.12 bits per heavy atom. The SMILES string of the molecule is COc1cncc(-c2cc(C)c(NC(=O)C3CC3c3cccc(C)c3)cc2-c2nnn[nH]2)c1. The van der Waals surface area contributed by atoms with Crippen LogP contribution in [-0.2, 0) is 4.79 Å². The largest absolute Gasteiger partial charge is 0.495 e. The minimum Gasteiger partial charge on any atom is -0.495 e. The summed E-state index contributed by atoms with van der Waals surface area (Å²) in [6, 6.07) is 14.2. The van der Waals surface area contributed by atoms with E-state index in [0.29, 0.717) is 11.6 Å². The molecule has 1 aliphatic rings. The van der Waals surface area contributed by atoms with Crippen molar-refractivity contribution >= 4 is 11.6 Å². The van der Waals surface area contributed by atoms with Crippen LogP contribution in [0.2, 0.25) is 0 Å². The molecular weight excluding hydrogens is 416 g/mol. The fourth-order valence-electron chi connectivity index (χ4n) is 4.21. The average molecular weight is 441 g/mol. The summed E-state index contributed by atoms with van der Waals surface area (Å²) in [5.41, 5.74) is 6.62. The first-order valence-corrected chi connectivity index (χ1v) is 10.8. The maximum absolute atomic E-state index is 13.0. The van der Waals surface area contributed by atoms with Gasteiger partial charge in [0.15, 0.2) is 5.82 Å². The maximum atomic E-state index is 13.0. The summed E-state index contributed by atoms with van der Waals surface area (Å²) in [5.74, 6) is 1.43. The first-order chi connectivity index (χ1) is 16.0. The van der Waals surface area contributed by atoms with Crippen molar-refractivity contribution in [3.05, 3.63) is 71.5 Å². The first kappa shape index (κ1) is 20.8. The summed E-state index contributed by atoms with van der Waals surface area (Å²) in [7, 11) is 1.61. The summed E-state index contributed by atoms with van der Waals surface area (Å²) in [6.45, 7) is 4.05. The number of tetrazole rings is 1. The molecule has 166 valence electrons. The molecule has 1 saturated carbocycles. The number of nitrogens with zero attached hydrogens (tertiary/aromatic N) is 4. The minimum atomic E-state index is -0.0242. The Balaban J connectivity index is 1.45. The van der Waals surface area contributed by atoms with E-state index in [-0.39, 0.29) is 17.7 Å². The van der Waals surface area contributed by atoms with Crippen LogP contribution in [0.4, 0.5) is 5.69 Å². The summed E-state index contributed by atoms with van der Waals surface area (Å²) in [6.07, 6.45) is 4.28. The minimum absolute atomic E-state index is 0.0242. The monoisotopic (exact) mass is 440 g/mol. The van der Waals surface area contributed by atoms with Crippen molar-refractivity contribution in [3.8, 4) is 28.3 Å². The Labute approximate surface area is 191 Å². The van der Waals surface area contributed by atoms with Crippen LogP contribution in [-0.4, -0.2) is 38.6 Å². The zero-order chi connectivity index (χ0) is 22.9. The number of amides is 1. The van der Waals surface area contributed by atoms with E-state index in [1.165, 1.54) is 11.1 Å². The lowest BCUT2D eigenvalue weighted by Crippen LogP contribution is -2.15. The Kier molecular flexibility index (Phi) is 5.34. The number of aromatic nitrogens is 5. The maximum Gasteiger partial charge on any atom is 0.228 e. The van der Waals surface area contributed by atoms with Gasteiger partial charge < -0.3 is 10.1 Å². The molecule has 2 aromatic heterocycles. The third-order valence-electron chi connectivity index (χ3n) is 6.08. The van der Waals surface area contributed by atoms with Gasteiger partial charge in [-0.2, -0.15) is 0 Å². The summed E-state index contributed by atoms with van der Waals surface area (Å²) >= 11 is 0. The lowest BCUT2D eigenvalue weighted by molar-refractivity contribution is -0.117. The van der Waals surface area contributed by atoms with Crippen LogP contribution in [0, 0.1) is 19.8 Å². The Morgan fingerprint density at radius 3 is 2.76 bits per heavy atom. The molecule has 8 nitrogen and oxygen atoms in total. The quantitative estimate of drug-likeness (QED) is 0.463. The predicted molar refractivity (Wildman–Crippen MR) is 125 cm³/mol. The number of hydrogen-bond donors (Lipinski definition) is 2. The van der Waals surface area contributed by atoms with E-state index in [2.05, 4.69) is 56.0 Å². The highest BCUT2D eigenvalue weighted by Gasteiger charge is 2.44. The number of anilines is 1. The van der Waals surface area contributed by atoms with Gasteiger partial charge in [0.25, 0.3) is 0 Å². The Bertz CT molecular complexity index is 1320. The van der Waals surface area contributed by atoms with Crippen LogP contribution in [0.1, 0.15) is 29.0 Å². The summed E-state index contributed by atoms with van der Waals surface area (Å²) in [5, 5.41) is 17.5. The summed E-state index contributed by atoms with van der Waals surface area (Å²) in [4.78, 5) is 17.3. The van der Waals surface area contributed by atoms with Crippen LogP contribution in [0.5, 0.6) is 5.75 Å². The van der Waals surface area contributed by atoms with Crippen molar-refractivity contribution in [2.24, 2.45) is 5.92 Å². The van der Waals surface area contributed by atoms with E-state index in [0.717, 1.165) is 34.4 Å². The molecule has 4 aromatic rings. The van der Waals surface area contributed by atoms with Crippen LogP contribution in [0.25, 0.3) is 22.5 Å². The molecule has 2 atom stereocenters. The number of hydrogen-bond acceptors (Lipinski definition) is 6. The van der Waals surface area contributed by atoms with Gasteiger partial charge in [0.05, 0.1) is 13.3 Å². The summed E-state index contributed by atoms with van der Waals surface area (Å²) < 4.78 is 5.33. The zero-order valence-corrected chi connectivity index (χ0v) is 18.7. The van der Waals surface area contributed by atoms with Crippen molar-refractivity contribution in [2.45, 2.75) is 26.2 Å². The van der Waals surface area contributed by atoms with Gasteiger partial charge in [0.1, 0.15) is 5.75 Å². The van der Waals surface area contributed by atoms with Gasteiger partial charge in [-0.3, -0.25) is 9.78 Å². The molecule has 1 fully saturated rings. The molecule has 2 N–H and O–H groups in total. The van der Waals surface area contributed by atoms with Gasteiger partial charge in [-0.15, -0.1) is 5.10 Å². The van der Waals surface area contributed by atoms with Gasteiger partial charge in [0, 0.05) is 28.9 Å². The fourth-order valence-corrected chi connectivity index (χ4v) is 4.21. The van der Waals surface area contributed by atoms with E-state index in [4.69, 9.17) is 4.74 Å². The molecule has 2 unspecified atom stereocenters. The number of pyridine rings is 1. The second-order valence-corrected chi connectivity index (χ2v) is 8.43. The van der Waals surface area contributed by atoms with Gasteiger partial charge >= 0.3 is 0 Å². The van der Waals surface area contributed by atoms with Crippen LogP contribution < -0.4 is 10.1 Å². The van der Waals surface area contributed by atoms with Crippen LogP contribution in [0.3, 0.4) is 0 Å². The molecule has 5 rings (SSSR count). The van der Waals surface area contributed by atoms with E-state index >= 15 is 0 Å². The van der Waals surface area contributed by atoms with Crippen LogP contribution in [0.15, 0.2) is 54.9 Å². The van der Waals surface area contributed by atoms with E-state index in [1.54, 1.807) is 19.5 Å². The fraction of sp³-hybridized carbons (Fsp3) is 0.240. The number of rotatable bonds is 6. The average Bonchev–Trinajstić information content (AvgIpc) is 3.45. The smallest absolute Gasteiger partial charge is 0.228 e. The number of ether oxygens (including phenoxy) is 1. The second kappa shape index (κ2) is 8.46. The molecule has 0 aliphatic heterocycles. The number of aromatic amines is 1. The molecule has 0 spiro atoms. The molecular formula is C25H24N6O2. The van der Waals surface area contributed by atoms with E-state index in [1.807, 2.05) is 31.2 Å². The Hall–Kier alpha value is -4.07. The molecule has 33 heavy (non-hydrogen) atoms. The molecule has 2 heterocycles. The number of carbonyl (C=O) groups is 1. The molecule has 1 amide bonds. The second-order valence-electron chi connectivity index (χ2n) is 8.43. The zero-order valence-electron chi connectivity index (χ0n) is 18.7. The highest BCUT2D eigenvalue weighted by Crippen LogP contribution is 2.48. The predicted octanol–water partition coefficient (Wildman–Crippen LogP) is 4.30. The standard InChI is InChI=1S/C25H24N6O2/c1-14-5-4-6-16(7-14)20-10-22(20)25(32)27-23-11-21(24-28-30-31-29-24)19(8-15(23)2)17-9-18(33-3)13-26-12-17/h4-9,11-13,20,22H,10H2,1-3H3,(H,27,32)(H,28,29,30,31). The number of carbonyl (C=O) groups excluding carboxylic acids is 1. The van der Waals surface area contributed by atoms with Crippen molar-refractivity contribution in [3.63, 3.8) is 0 Å². The van der Waals surface area contributed by atoms with Gasteiger partial charge in [-0.1, -0.05) is 29.8 Å². The number of benzene rings is 2. The van der Waals surface area contributed by atoms with Crippen molar-refractivity contribution in [2.75, 3.05) is 12.4 Å². The normalized spacial score (nSPS) is 16.9. The van der Waals surface area contributed by atoms with Gasteiger partial charge in [-0.05, 0) is 71.5 Å². The molecule has 0 radical (unpaired) electrons. The van der Waals surface area contributed by atoms with Crippen LogP contribution >= 0.6 is 0 Å². The lowest BCUT2D eigenvalue weighted by Gasteiger charge is -2.15. The lowest BCUT2D eigenvalue weighted by atomic mass is 9.96.